The maximum Gasteiger partial charge on any atom is 0.0729 e. The highest BCUT2D eigenvalue weighted by atomic mass is 79.9. The van der Waals surface area contributed by atoms with Gasteiger partial charge in [0.1, 0.15) is 0 Å². The Morgan fingerprint density at radius 3 is 2.94 bits per heavy atom. The van der Waals surface area contributed by atoms with E-state index >= 15 is 0 Å². The number of nitrogens with one attached hydrogen (secondary N) is 1. The van der Waals surface area contributed by atoms with Crippen molar-refractivity contribution in [1.82, 2.24) is 9.78 Å². The molecule has 0 atom stereocenters. The second-order valence-corrected chi connectivity index (χ2v) is 4.81. The average Bonchev–Trinajstić information content (AvgIpc) is 2.63. The molecule has 1 heterocycles. The first-order valence-electron chi connectivity index (χ1n) is 4.81. The molecule has 0 aliphatic rings. The molecule has 5 heteroatoms. The van der Waals surface area contributed by atoms with Crippen molar-refractivity contribution in [2.45, 2.75) is 6.54 Å². The molecule has 0 unspecified atom stereocenters. The van der Waals surface area contributed by atoms with Gasteiger partial charge in [-0.2, -0.15) is 5.10 Å². The Hall–Kier alpha value is -1.00. The fourth-order valence-electron chi connectivity index (χ4n) is 1.37. The molecule has 0 amide bonds. The molecule has 0 radical (unpaired) electrons. The molecule has 3 nitrogen and oxygen atoms in total. The summed E-state index contributed by atoms with van der Waals surface area (Å²) in [6, 6.07) is 5.86. The number of hydrogen-bond acceptors (Lipinski definition) is 2. The minimum absolute atomic E-state index is 0.692. The Morgan fingerprint density at radius 2 is 2.31 bits per heavy atom. The molecule has 1 N–H and O–H groups in total. The number of rotatable bonds is 3. The molecule has 0 aliphatic heterocycles. The molecule has 84 valence electrons. The predicted octanol–water partition coefficient (Wildman–Crippen LogP) is 3.45. The van der Waals surface area contributed by atoms with E-state index in [2.05, 4.69) is 26.3 Å². The van der Waals surface area contributed by atoms with Crippen molar-refractivity contribution in [2.24, 2.45) is 7.05 Å². The minimum atomic E-state index is 0.692. The van der Waals surface area contributed by atoms with E-state index < -0.39 is 0 Å². The van der Waals surface area contributed by atoms with Crippen molar-refractivity contribution in [2.75, 3.05) is 5.32 Å². The lowest BCUT2D eigenvalue weighted by Crippen LogP contribution is -1.99. The van der Waals surface area contributed by atoms with Gasteiger partial charge in [-0.05, 0) is 17.7 Å². The van der Waals surface area contributed by atoms with Crippen molar-refractivity contribution in [3.63, 3.8) is 0 Å². The summed E-state index contributed by atoms with van der Waals surface area (Å²) in [5.74, 6) is 0. The van der Waals surface area contributed by atoms with Crippen LogP contribution in [0.5, 0.6) is 0 Å². The third kappa shape index (κ3) is 2.77. The van der Waals surface area contributed by atoms with E-state index in [1.54, 1.807) is 10.9 Å². The molecule has 0 spiro atoms. The molecule has 1 aromatic heterocycles. The summed E-state index contributed by atoms with van der Waals surface area (Å²) in [5.41, 5.74) is 2.05. The van der Waals surface area contributed by atoms with E-state index in [4.69, 9.17) is 11.6 Å². The maximum absolute atomic E-state index is 6.11. The summed E-state index contributed by atoms with van der Waals surface area (Å²) in [6.07, 6.45) is 3.71. The summed E-state index contributed by atoms with van der Waals surface area (Å²) in [7, 11) is 1.89. The number of anilines is 1. The van der Waals surface area contributed by atoms with Crippen molar-refractivity contribution in [3.8, 4) is 0 Å². The third-order valence-electron chi connectivity index (χ3n) is 2.20. The molecule has 0 fully saturated rings. The smallest absolute Gasteiger partial charge is 0.0729 e. The number of halogens is 2. The largest absolute Gasteiger partial charge is 0.378 e. The van der Waals surface area contributed by atoms with Crippen LogP contribution in [0.1, 0.15) is 5.56 Å². The summed E-state index contributed by atoms with van der Waals surface area (Å²) >= 11 is 9.49. The van der Waals surface area contributed by atoms with Crippen LogP contribution >= 0.6 is 27.5 Å². The maximum atomic E-state index is 6.11. The molecule has 0 saturated heterocycles. The number of benzene rings is 1. The fraction of sp³-hybridized carbons (Fsp3) is 0.182. The minimum Gasteiger partial charge on any atom is -0.378 e. The molecule has 1 aromatic carbocycles. The van der Waals surface area contributed by atoms with Gasteiger partial charge in [-0.25, -0.2) is 0 Å². The zero-order valence-electron chi connectivity index (χ0n) is 8.74. The molecule has 2 rings (SSSR count). The molecule has 0 saturated carbocycles. The van der Waals surface area contributed by atoms with E-state index in [0.717, 1.165) is 20.7 Å². The van der Waals surface area contributed by atoms with Gasteiger partial charge in [-0.3, -0.25) is 4.68 Å². The van der Waals surface area contributed by atoms with Gasteiger partial charge in [0.25, 0.3) is 0 Å². The first kappa shape index (κ1) is 11.5. The van der Waals surface area contributed by atoms with Crippen molar-refractivity contribution >= 4 is 33.2 Å². The highest BCUT2D eigenvalue weighted by Gasteiger charge is 2.01. The van der Waals surface area contributed by atoms with Crippen LogP contribution in [0.2, 0.25) is 5.02 Å². The predicted molar refractivity (Wildman–Crippen MR) is 69.7 cm³/mol. The van der Waals surface area contributed by atoms with Gasteiger partial charge in [0, 0.05) is 29.3 Å². The standard InChI is InChI=1S/C11H11BrClN3/c1-16-7-10(6-15-16)14-5-8-2-3-9(12)4-11(8)13/h2-4,6-7,14H,5H2,1H3. The van der Waals surface area contributed by atoms with Gasteiger partial charge in [0.05, 0.1) is 11.9 Å². The Balaban J connectivity index is 2.04. The first-order valence-corrected chi connectivity index (χ1v) is 5.99. The van der Waals surface area contributed by atoms with Crippen molar-refractivity contribution in [3.05, 3.63) is 45.7 Å². The molecular formula is C11H11BrClN3. The van der Waals surface area contributed by atoms with Gasteiger partial charge >= 0.3 is 0 Å². The number of aromatic nitrogens is 2. The Kier molecular flexibility index (Phi) is 3.51. The van der Waals surface area contributed by atoms with Crippen LogP contribution in [0.4, 0.5) is 5.69 Å². The van der Waals surface area contributed by atoms with Crippen LogP contribution < -0.4 is 5.32 Å². The van der Waals surface area contributed by atoms with Crippen LogP contribution in [-0.2, 0) is 13.6 Å². The van der Waals surface area contributed by atoms with Gasteiger partial charge in [0.2, 0.25) is 0 Å². The normalized spacial score (nSPS) is 10.4. The van der Waals surface area contributed by atoms with E-state index in [-0.39, 0.29) is 0 Å². The number of aryl methyl sites for hydroxylation is 1. The monoisotopic (exact) mass is 299 g/mol. The lowest BCUT2D eigenvalue weighted by atomic mass is 10.2. The van der Waals surface area contributed by atoms with Gasteiger partial charge < -0.3 is 5.32 Å². The number of nitrogens with zero attached hydrogens (tertiary/aromatic N) is 2. The van der Waals surface area contributed by atoms with Gasteiger partial charge in [0.15, 0.2) is 0 Å². The highest BCUT2D eigenvalue weighted by Crippen LogP contribution is 2.22. The van der Waals surface area contributed by atoms with Gasteiger partial charge in [-0.1, -0.05) is 33.6 Å². The van der Waals surface area contributed by atoms with Crippen LogP contribution in [0.15, 0.2) is 35.1 Å². The lowest BCUT2D eigenvalue weighted by Gasteiger charge is -2.06. The Labute approximate surface area is 108 Å². The average molecular weight is 301 g/mol. The van der Waals surface area contributed by atoms with Crippen LogP contribution in [0.3, 0.4) is 0 Å². The zero-order chi connectivity index (χ0) is 11.5. The molecule has 16 heavy (non-hydrogen) atoms. The lowest BCUT2D eigenvalue weighted by molar-refractivity contribution is 0.768. The molecule has 2 aromatic rings. The Bertz CT molecular complexity index is 496. The summed E-state index contributed by atoms with van der Waals surface area (Å²) in [6.45, 7) is 0.692. The topological polar surface area (TPSA) is 29.9 Å². The Morgan fingerprint density at radius 1 is 1.50 bits per heavy atom. The highest BCUT2D eigenvalue weighted by molar-refractivity contribution is 9.10. The first-order chi connectivity index (χ1) is 7.65. The van der Waals surface area contributed by atoms with Crippen LogP contribution in [-0.4, -0.2) is 9.78 Å². The summed E-state index contributed by atoms with van der Waals surface area (Å²) in [4.78, 5) is 0. The molecular weight excluding hydrogens is 289 g/mol. The second-order valence-electron chi connectivity index (χ2n) is 3.49. The van der Waals surface area contributed by atoms with E-state index in [9.17, 15) is 0 Å². The number of hydrogen-bond donors (Lipinski definition) is 1. The zero-order valence-corrected chi connectivity index (χ0v) is 11.1. The van der Waals surface area contributed by atoms with Crippen molar-refractivity contribution < 1.29 is 0 Å². The third-order valence-corrected chi connectivity index (χ3v) is 3.05. The summed E-state index contributed by atoms with van der Waals surface area (Å²) in [5, 5.41) is 8.09. The van der Waals surface area contributed by atoms with Crippen LogP contribution in [0, 0.1) is 0 Å². The van der Waals surface area contributed by atoms with E-state index in [1.165, 1.54) is 0 Å². The van der Waals surface area contributed by atoms with Gasteiger partial charge in [-0.15, -0.1) is 0 Å². The van der Waals surface area contributed by atoms with Crippen molar-refractivity contribution in [1.29, 1.82) is 0 Å². The SMILES string of the molecule is Cn1cc(NCc2ccc(Br)cc2Cl)cn1. The molecule has 0 bridgehead atoms. The summed E-state index contributed by atoms with van der Waals surface area (Å²) < 4.78 is 2.74. The quantitative estimate of drug-likeness (QED) is 0.941. The van der Waals surface area contributed by atoms with Crippen LogP contribution in [0.25, 0.3) is 0 Å². The van der Waals surface area contributed by atoms with E-state index in [0.29, 0.717) is 6.54 Å². The fourth-order valence-corrected chi connectivity index (χ4v) is 2.12. The second kappa shape index (κ2) is 4.89. The molecule has 0 aliphatic carbocycles. The van der Waals surface area contributed by atoms with E-state index in [1.807, 2.05) is 31.4 Å².